The Bertz CT molecular complexity index is 1170. The van der Waals surface area contributed by atoms with Crippen molar-refractivity contribution in [3.8, 4) is 0 Å². The van der Waals surface area contributed by atoms with Crippen molar-refractivity contribution in [1.82, 2.24) is 20.3 Å². The predicted octanol–water partition coefficient (Wildman–Crippen LogP) is 1.91. The lowest BCUT2D eigenvalue weighted by Crippen LogP contribution is -2.41. The van der Waals surface area contributed by atoms with Crippen LogP contribution in [-0.2, 0) is 16.0 Å². The first-order valence-electron chi connectivity index (χ1n) is 10.4. The fourth-order valence-electron chi connectivity index (χ4n) is 3.61. The first-order valence-corrected chi connectivity index (χ1v) is 10.4. The highest BCUT2D eigenvalue weighted by Gasteiger charge is 2.22. The van der Waals surface area contributed by atoms with Crippen LogP contribution in [0.3, 0.4) is 0 Å². The number of carboxylic acids is 2. The Morgan fingerprint density at radius 2 is 1.79 bits per heavy atom. The summed E-state index contributed by atoms with van der Waals surface area (Å²) < 4.78 is 0. The van der Waals surface area contributed by atoms with E-state index in [0.717, 1.165) is 29.4 Å². The summed E-state index contributed by atoms with van der Waals surface area (Å²) in [5.74, 6) is -2.35. The lowest BCUT2D eigenvalue weighted by atomic mass is 9.93. The maximum absolute atomic E-state index is 12.4. The van der Waals surface area contributed by atoms with Crippen LogP contribution in [0.4, 0.5) is 11.8 Å². The number of aryl methyl sites for hydroxylation is 1. The molecule has 8 N–H and O–H groups in total. The summed E-state index contributed by atoms with van der Waals surface area (Å²) in [5.41, 5.74) is 14.5. The summed E-state index contributed by atoms with van der Waals surface area (Å²) in [5, 5.41) is 21.1. The number of fused-ring (bicyclic) bond motifs is 1. The van der Waals surface area contributed by atoms with Gasteiger partial charge in [0.25, 0.3) is 5.91 Å². The lowest BCUT2D eigenvalue weighted by molar-refractivity contribution is -0.140. The Balaban J connectivity index is 1.62. The maximum Gasteiger partial charge on any atom is 0.326 e. The third kappa shape index (κ3) is 5.76. The summed E-state index contributed by atoms with van der Waals surface area (Å²) in [6.45, 7) is 2.06. The summed E-state index contributed by atoms with van der Waals surface area (Å²) in [7, 11) is 0. The number of anilines is 2. The molecule has 1 aromatic carbocycles. The highest BCUT2D eigenvalue weighted by atomic mass is 16.4. The van der Waals surface area contributed by atoms with Gasteiger partial charge in [-0.2, -0.15) is 9.97 Å². The molecule has 0 saturated heterocycles. The largest absolute Gasteiger partial charge is 0.481 e. The van der Waals surface area contributed by atoms with Crippen LogP contribution in [0.25, 0.3) is 11.0 Å². The van der Waals surface area contributed by atoms with Gasteiger partial charge in [-0.15, -0.1) is 0 Å². The second-order valence-electron chi connectivity index (χ2n) is 7.86. The van der Waals surface area contributed by atoms with E-state index in [1.54, 1.807) is 12.1 Å². The minimum atomic E-state index is -1.28. The van der Waals surface area contributed by atoms with Crippen molar-refractivity contribution in [2.45, 2.75) is 44.6 Å². The van der Waals surface area contributed by atoms with E-state index >= 15 is 0 Å². The number of carboxylic acid groups (broad SMARTS) is 2. The van der Waals surface area contributed by atoms with E-state index in [2.05, 4.69) is 27.2 Å². The van der Waals surface area contributed by atoms with E-state index < -0.39 is 23.9 Å². The summed E-state index contributed by atoms with van der Waals surface area (Å²) in [6, 6.07) is 5.62. The summed E-state index contributed by atoms with van der Waals surface area (Å²) >= 11 is 0. The number of H-pyrrole nitrogens is 1. The number of aromatic amines is 1. The van der Waals surface area contributed by atoms with Crippen molar-refractivity contribution < 1.29 is 24.6 Å². The first-order chi connectivity index (χ1) is 15.7. The normalized spacial score (nSPS) is 12.9. The number of carbonyl (C=O) groups excluding carboxylic acids is 1. The molecule has 2 aromatic heterocycles. The molecule has 0 aliphatic heterocycles. The predicted molar refractivity (Wildman–Crippen MR) is 122 cm³/mol. The molecule has 33 heavy (non-hydrogen) atoms. The van der Waals surface area contributed by atoms with Gasteiger partial charge < -0.3 is 32.0 Å². The highest BCUT2D eigenvalue weighted by Crippen LogP contribution is 2.27. The molecule has 2 atom stereocenters. The van der Waals surface area contributed by atoms with Crippen LogP contribution in [-0.4, -0.2) is 49.1 Å². The Morgan fingerprint density at radius 3 is 2.42 bits per heavy atom. The van der Waals surface area contributed by atoms with E-state index in [9.17, 15) is 19.5 Å². The Kier molecular flexibility index (Phi) is 7.11. The van der Waals surface area contributed by atoms with Gasteiger partial charge in [-0.3, -0.25) is 9.59 Å². The molecule has 0 radical (unpaired) electrons. The molecule has 3 rings (SSSR count). The van der Waals surface area contributed by atoms with Gasteiger partial charge in [0.2, 0.25) is 5.95 Å². The molecule has 0 spiro atoms. The Morgan fingerprint density at radius 1 is 1.09 bits per heavy atom. The number of benzene rings is 1. The molecule has 11 heteroatoms. The molecule has 1 amide bonds. The van der Waals surface area contributed by atoms with Gasteiger partial charge >= 0.3 is 11.9 Å². The van der Waals surface area contributed by atoms with Crippen molar-refractivity contribution in [3.05, 3.63) is 47.2 Å². The number of nitrogens with zero attached hydrogens (tertiary/aromatic N) is 2. The standard InChI is InChI=1S/C22H26N6O5/c1-11(2-3-14-10-25-19-17(14)18(23)27-22(24)28-19)12-4-6-13(7-5-12)20(31)26-15(21(32)33)8-9-16(29)30/h4-7,10-11,15H,2-3,8-9H2,1H3,(H,26,31)(H,29,30)(H,32,33)(H5,23,24,25,27,28)/t11?,15-/m0/s1. The quantitative estimate of drug-likeness (QED) is 0.265. The van der Waals surface area contributed by atoms with E-state index in [0.29, 0.717) is 17.0 Å². The van der Waals surface area contributed by atoms with Crippen LogP contribution in [0.5, 0.6) is 0 Å². The van der Waals surface area contributed by atoms with Gasteiger partial charge in [0.05, 0.1) is 5.39 Å². The number of nitrogens with two attached hydrogens (primary N) is 2. The molecule has 0 saturated carbocycles. The van der Waals surface area contributed by atoms with Crippen molar-refractivity contribution >= 4 is 40.6 Å². The van der Waals surface area contributed by atoms with Crippen molar-refractivity contribution in [2.75, 3.05) is 11.5 Å². The van der Waals surface area contributed by atoms with E-state index in [1.165, 1.54) is 0 Å². The molecule has 0 fully saturated rings. The van der Waals surface area contributed by atoms with Crippen molar-refractivity contribution in [2.24, 2.45) is 0 Å². The average molecular weight is 454 g/mol. The molecular weight excluding hydrogens is 428 g/mol. The van der Waals surface area contributed by atoms with Gasteiger partial charge in [-0.25, -0.2) is 4.79 Å². The van der Waals surface area contributed by atoms with Crippen LogP contribution in [0.2, 0.25) is 0 Å². The number of aromatic nitrogens is 3. The number of hydrogen-bond acceptors (Lipinski definition) is 7. The monoisotopic (exact) mass is 454 g/mol. The third-order valence-corrected chi connectivity index (χ3v) is 5.50. The topological polar surface area (TPSA) is 197 Å². The first kappa shape index (κ1) is 23.5. The molecule has 0 bridgehead atoms. The SMILES string of the molecule is CC(CCc1c[nH]c2nc(N)nc(N)c12)c1ccc(C(=O)N[C@@H](CCC(=O)O)C(=O)O)cc1. The van der Waals surface area contributed by atoms with E-state index in [1.807, 2.05) is 18.3 Å². The summed E-state index contributed by atoms with van der Waals surface area (Å²) in [4.78, 5) is 45.6. The third-order valence-electron chi connectivity index (χ3n) is 5.50. The van der Waals surface area contributed by atoms with Crippen LogP contribution in [0.15, 0.2) is 30.5 Å². The second-order valence-corrected chi connectivity index (χ2v) is 7.86. The number of nitrogen functional groups attached to an aromatic ring is 2. The number of nitrogens with one attached hydrogen (secondary N) is 2. The minimum absolute atomic E-state index is 0.113. The molecule has 2 heterocycles. The molecule has 0 aliphatic carbocycles. The smallest absolute Gasteiger partial charge is 0.326 e. The maximum atomic E-state index is 12.4. The minimum Gasteiger partial charge on any atom is -0.481 e. The van der Waals surface area contributed by atoms with Gasteiger partial charge in [-0.05, 0) is 48.4 Å². The van der Waals surface area contributed by atoms with Crippen molar-refractivity contribution in [1.29, 1.82) is 0 Å². The summed E-state index contributed by atoms with van der Waals surface area (Å²) in [6.07, 6.45) is 2.83. The van der Waals surface area contributed by atoms with Gasteiger partial charge in [0, 0.05) is 18.2 Å². The van der Waals surface area contributed by atoms with Crippen LogP contribution < -0.4 is 16.8 Å². The number of carbonyl (C=O) groups is 3. The Labute approximate surface area is 189 Å². The van der Waals surface area contributed by atoms with Crippen LogP contribution >= 0.6 is 0 Å². The fourth-order valence-corrected chi connectivity index (χ4v) is 3.61. The number of rotatable bonds is 10. The molecule has 174 valence electrons. The zero-order valence-corrected chi connectivity index (χ0v) is 18.0. The Hall–Kier alpha value is -4.15. The molecular formula is C22H26N6O5. The number of aliphatic carboxylic acids is 2. The van der Waals surface area contributed by atoms with Gasteiger partial charge in [0.15, 0.2) is 0 Å². The van der Waals surface area contributed by atoms with E-state index in [4.69, 9.17) is 16.6 Å². The van der Waals surface area contributed by atoms with Gasteiger partial charge in [-0.1, -0.05) is 19.1 Å². The lowest BCUT2D eigenvalue weighted by Gasteiger charge is -2.15. The second kappa shape index (κ2) is 9.98. The zero-order valence-electron chi connectivity index (χ0n) is 18.0. The van der Waals surface area contributed by atoms with Gasteiger partial charge in [0.1, 0.15) is 17.5 Å². The van der Waals surface area contributed by atoms with E-state index in [-0.39, 0.29) is 24.7 Å². The number of amides is 1. The molecule has 1 unspecified atom stereocenters. The zero-order chi connectivity index (χ0) is 24.1. The number of hydrogen-bond donors (Lipinski definition) is 6. The van der Waals surface area contributed by atoms with Crippen molar-refractivity contribution in [3.63, 3.8) is 0 Å². The fraction of sp³-hybridized carbons (Fsp3) is 0.318. The highest BCUT2D eigenvalue weighted by molar-refractivity contribution is 5.96. The van der Waals surface area contributed by atoms with Crippen LogP contribution in [0, 0.1) is 0 Å². The average Bonchev–Trinajstić information content (AvgIpc) is 3.17. The molecule has 3 aromatic rings. The molecule has 11 nitrogen and oxygen atoms in total. The molecule has 0 aliphatic rings. The van der Waals surface area contributed by atoms with Crippen LogP contribution in [0.1, 0.15) is 53.6 Å².